The van der Waals surface area contributed by atoms with Gasteiger partial charge in [0.2, 0.25) is 0 Å². The number of nitrogens with zero attached hydrogens (tertiary/aromatic N) is 3. The highest BCUT2D eigenvalue weighted by molar-refractivity contribution is 7.90. The summed E-state index contributed by atoms with van der Waals surface area (Å²) in [5, 5.41) is 0. The summed E-state index contributed by atoms with van der Waals surface area (Å²) in [6.07, 6.45) is 3.03. The third-order valence-electron chi connectivity index (χ3n) is 2.62. The molecule has 0 amide bonds. The van der Waals surface area contributed by atoms with Crippen LogP contribution in [0.2, 0.25) is 0 Å². The Morgan fingerprint density at radius 2 is 1.89 bits per heavy atom. The zero-order chi connectivity index (χ0) is 14.5. The minimum absolute atomic E-state index is 0.0103. The summed E-state index contributed by atoms with van der Waals surface area (Å²) in [5.41, 5.74) is 0.500. The lowest BCUT2D eigenvalue weighted by molar-refractivity contribution is -0.140. The number of carbonyl (C=O) groups excluding carboxylic acids is 1. The standard InChI is InChI=1S/C11H17N3O4S/c1-13(9-6-11(15)18-3)19(16,17)14(2)10-4-7-12-8-5-10/h4-5,7-8H,6,9H2,1-3H3. The molecule has 0 atom stereocenters. The summed E-state index contributed by atoms with van der Waals surface area (Å²) in [5.74, 6) is -0.450. The maximum Gasteiger partial charge on any atom is 0.306 e. The lowest BCUT2D eigenvalue weighted by Crippen LogP contribution is -2.40. The van der Waals surface area contributed by atoms with Crippen molar-refractivity contribution in [2.45, 2.75) is 6.42 Å². The molecule has 0 fully saturated rings. The van der Waals surface area contributed by atoms with E-state index >= 15 is 0 Å². The van der Waals surface area contributed by atoms with E-state index in [1.807, 2.05) is 0 Å². The zero-order valence-electron chi connectivity index (χ0n) is 11.1. The molecule has 1 rings (SSSR count). The third kappa shape index (κ3) is 3.90. The van der Waals surface area contributed by atoms with Crippen LogP contribution >= 0.6 is 0 Å². The lowest BCUT2D eigenvalue weighted by Gasteiger charge is -2.25. The highest BCUT2D eigenvalue weighted by Gasteiger charge is 2.24. The molecule has 0 bridgehead atoms. The molecule has 0 saturated heterocycles. The van der Waals surface area contributed by atoms with Gasteiger partial charge in [0, 0.05) is 33.0 Å². The van der Waals surface area contributed by atoms with E-state index in [9.17, 15) is 13.2 Å². The quantitative estimate of drug-likeness (QED) is 0.701. The fraction of sp³-hybridized carbons (Fsp3) is 0.455. The van der Waals surface area contributed by atoms with Crippen LogP contribution in [0.5, 0.6) is 0 Å². The van der Waals surface area contributed by atoms with Gasteiger partial charge in [-0.05, 0) is 12.1 Å². The monoisotopic (exact) mass is 287 g/mol. The lowest BCUT2D eigenvalue weighted by atomic mass is 10.4. The smallest absolute Gasteiger partial charge is 0.306 e. The fourth-order valence-electron chi connectivity index (χ4n) is 1.36. The van der Waals surface area contributed by atoms with Crippen LogP contribution in [0.25, 0.3) is 0 Å². The van der Waals surface area contributed by atoms with E-state index in [-0.39, 0.29) is 13.0 Å². The summed E-state index contributed by atoms with van der Waals surface area (Å²) >= 11 is 0. The second-order valence-electron chi connectivity index (χ2n) is 3.83. The van der Waals surface area contributed by atoms with E-state index in [0.717, 1.165) is 8.61 Å². The van der Waals surface area contributed by atoms with Crippen LogP contribution in [-0.2, 0) is 19.7 Å². The Kier molecular flexibility index (Phi) is 5.25. The predicted octanol–water partition coefficient (Wildman–Crippen LogP) is 0.257. The second kappa shape index (κ2) is 6.48. The number of carbonyl (C=O) groups is 1. The first-order valence-electron chi connectivity index (χ1n) is 5.56. The Hall–Kier alpha value is -1.67. The van der Waals surface area contributed by atoms with Crippen LogP contribution in [0.15, 0.2) is 24.5 Å². The van der Waals surface area contributed by atoms with Gasteiger partial charge in [0.15, 0.2) is 0 Å². The van der Waals surface area contributed by atoms with Crippen molar-refractivity contribution in [1.82, 2.24) is 9.29 Å². The van der Waals surface area contributed by atoms with Crippen molar-refractivity contribution in [3.05, 3.63) is 24.5 Å². The van der Waals surface area contributed by atoms with Crippen molar-refractivity contribution in [2.75, 3.05) is 32.1 Å². The molecule has 8 heteroatoms. The van der Waals surface area contributed by atoms with Gasteiger partial charge < -0.3 is 4.74 Å². The number of ether oxygens (including phenoxy) is 1. The Balaban J connectivity index is 2.77. The molecule has 0 N–H and O–H groups in total. The Morgan fingerprint density at radius 1 is 1.32 bits per heavy atom. The minimum atomic E-state index is -3.66. The first-order chi connectivity index (χ1) is 8.89. The largest absolute Gasteiger partial charge is 0.469 e. The van der Waals surface area contributed by atoms with Crippen LogP contribution in [0.4, 0.5) is 5.69 Å². The predicted molar refractivity (Wildman–Crippen MR) is 70.8 cm³/mol. The van der Waals surface area contributed by atoms with Crippen LogP contribution < -0.4 is 4.31 Å². The molecule has 0 radical (unpaired) electrons. The molecular weight excluding hydrogens is 270 g/mol. The number of methoxy groups -OCH3 is 1. The molecular formula is C11H17N3O4S. The first-order valence-corrected chi connectivity index (χ1v) is 6.96. The van der Waals surface area contributed by atoms with Gasteiger partial charge in [-0.2, -0.15) is 12.7 Å². The number of hydrogen-bond acceptors (Lipinski definition) is 5. The van der Waals surface area contributed by atoms with Gasteiger partial charge in [0.25, 0.3) is 0 Å². The average molecular weight is 287 g/mol. The van der Waals surface area contributed by atoms with E-state index < -0.39 is 16.2 Å². The molecule has 1 aromatic heterocycles. The molecule has 0 aliphatic carbocycles. The third-order valence-corrected chi connectivity index (χ3v) is 4.50. The van der Waals surface area contributed by atoms with Crippen LogP contribution in [0.1, 0.15) is 6.42 Å². The molecule has 1 heterocycles. The molecule has 19 heavy (non-hydrogen) atoms. The Labute approximate surface area is 113 Å². The normalized spacial score (nSPS) is 11.4. The van der Waals surface area contributed by atoms with Crippen LogP contribution in [-0.4, -0.2) is 51.4 Å². The number of aromatic nitrogens is 1. The van der Waals surface area contributed by atoms with Gasteiger partial charge in [-0.15, -0.1) is 0 Å². The van der Waals surface area contributed by atoms with E-state index in [1.54, 1.807) is 12.1 Å². The Morgan fingerprint density at radius 3 is 2.42 bits per heavy atom. The SMILES string of the molecule is COC(=O)CCN(C)S(=O)(=O)N(C)c1ccncc1. The summed E-state index contributed by atoms with van der Waals surface area (Å²) in [7, 11) is 0.455. The molecule has 0 spiro atoms. The van der Waals surface area contributed by atoms with Crippen molar-refractivity contribution in [2.24, 2.45) is 0 Å². The molecule has 106 valence electrons. The maximum absolute atomic E-state index is 12.2. The number of esters is 1. The molecule has 0 saturated carbocycles. The number of pyridine rings is 1. The second-order valence-corrected chi connectivity index (χ2v) is 5.90. The molecule has 0 aliphatic rings. The highest BCUT2D eigenvalue weighted by atomic mass is 32.2. The zero-order valence-corrected chi connectivity index (χ0v) is 11.9. The average Bonchev–Trinajstić information content (AvgIpc) is 2.44. The van der Waals surface area contributed by atoms with Crippen molar-refractivity contribution >= 4 is 21.9 Å². The summed E-state index contributed by atoms with van der Waals surface area (Å²) in [6, 6.07) is 3.18. The van der Waals surface area contributed by atoms with Gasteiger partial charge in [-0.3, -0.25) is 14.1 Å². The molecule has 0 unspecified atom stereocenters. The summed E-state index contributed by atoms with van der Waals surface area (Å²) in [4.78, 5) is 14.8. The first kappa shape index (κ1) is 15.4. The number of anilines is 1. The van der Waals surface area contributed by atoms with Crippen LogP contribution in [0.3, 0.4) is 0 Å². The molecule has 1 aromatic rings. The van der Waals surface area contributed by atoms with E-state index in [0.29, 0.717) is 5.69 Å². The van der Waals surface area contributed by atoms with Gasteiger partial charge >= 0.3 is 16.2 Å². The Bertz CT molecular complexity index is 518. The van der Waals surface area contributed by atoms with Crippen molar-refractivity contribution in [3.8, 4) is 0 Å². The van der Waals surface area contributed by atoms with E-state index in [2.05, 4.69) is 9.72 Å². The van der Waals surface area contributed by atoms with Gasteiger partial charge in [-0.25, -0.2) is 0 Å². The minimum Gasteiger partial charge on any atom is -0.469 e. The van der Waals surface area contributed by atoms with E-state index in [4.69, 9.17) is 0 Å². The van der Waals surface area contributed by atoms with Crippen LogP contribution in [0, 0.1) is 0 Å². The topological polar surface area (TPSA) is 79.8 Å². The fourth-order valence-corrected chi connectivity index (χ4v) is 2.49. The van der Waals surface area contributed by atoms with E-state index in [1.165, 1.54) is 33.6 Å². The maximum atomic E-state index is 12.2. The van der Waals surface area contributed by atoms with Crippen molar-refractivity contribution < 1.29 is 17.9 Å². The van der Waals surface area contributed by atoms with Crippen molar-refractivity contribution in [3.63, 3.8) is 0 Å². The van der Waals surface area contributed by atoms with Gasteiger partial charge in [-0.1, -0.05) is 0 Å². The summed E-state index contributed by atoms with van der Waals surface area (Å²) in [6.45, 7) is 0.0600. The van der Waals surface area contributed by atoms with Gasteiger partial charge in [0.1, 0.15) is 0 Å². The number of hydrogen-bond donors (Lipinski definition) is 0. The van der Waals surface area contributed by atoms with Gasteiger partial charge in [0.05, 0.1) is 19.2 Å². The highest BCUT2D eigenvalue weighted by Crippen LogP contribution is 2.16. The number of rotatable bonds is 6. The van der Waals surface area contributed by atoms with Crippen molar-refractivity contribution in [1.29, 1.82) is 0 Å². The molecule has 0 aliphatic heterocycles. The summed E-state index contributed by atoms with van der Waals surface area (Å²) < 4.78 is 31.1. The molecule has 0 aromatic carbocycles. The molecule has 7 nitrogen and oxygen atoms in total.